The largest absolute Gasteiger partial charge is 0.361 e. The second kappa shape index (κ2) is 7.38. The van der Waals surface area contributed by atoms with E-state index in [1.54, 1.807) is 12.1 Å². The van der Waals surface area contributed by atoms with Crippen molar-refractivity contribution in [3.63, 3.8) is 0 Å². The van der Waals surface area contributed by atoms with Gasteiger partial charge in [-0.3, -0.25) is 19.7 Å². The van der Waals surface area contributed by atoms with Crippen LogP contribution in [0.15, 0.2) is 79.0 Å². The van der Waals surface area contributed by atoms with Crippen LogP contribution in [0.1, 0.15) is 16.7 Å². The highest BCUT2D eigenvalue weighted by Crippen LogP contribution is 2.54. The van der Waals surface area contributed by atoms with Crippen molar-refractivity contribution >= 4 is 40.0 Å². The molecule has 3 aliphatic heterocycles. The molecule has 3 aliphatic rings. The van der Waals surface area contributed by atoms with Gasteiger partial charge in [0.05, 0.1) is 17.5 Å². The molecule has 4 heterocycles. The fourth-order valence-corrected chi connectivity index (χ4v) is 6.52. The maximum atomic E-state index is 14.0. The van der Waals surface area contributed by atoms with Crippen LogP contribution in [0.3, 0.4) is 0 Å². The molecular weight excluding hydrogens is 452 g/mol. The number of hydrogen-bond donors (Lipinski definition) is 3. The lowest BCUT2D eigenvalue weighted by atomic mass is 9.76. The molecule has 3 N–H and O–H groups in total. The van der Waals surface area contributed by atoms with Gasteiger partial charge in [-0.1, -0.05) is 54.6 Å². The van der Waals surface area contributed by atoms with Crippen molar-refractivity contribution in [2.24, 2.45) is 11.8 Å². The Balaban J connectivity index is 1.39. The van der Waals surface area contributed by atoms with Crippen LogP contribution in [0, 0.1) is 18.8 Å². The number of imide groups is 1. The molecule has 4 aromatic rings. The maximum absolute atomic E-state index is 14.0. The van der Waals surface area contributed by atoms with Crippen LogP contribution in [-0.2, 0) is 26.3 Å². The van der Waals surface area contributed by atoms with Crippen LogP contribution in [0.2, 0.25) is 0 Å². The van der Waals surface area contributed by atoms with Gasteiger partial charge in [0, 0.05) is 34.4 Å². The lowest BCUT2D eigenvalue weighted by Gasteiger charge is -2.29. The summed E-state index contributed by atoms with van der Waals surface area (Å²) >= 11 is 0. The van der Waals surface area contributed by atoms with Crippen molar-refractivity contribution in [3.05, 3.63) is 95.7 Å². The van der Waals surface area contributed by atoms with Crippen LogP contribution in [0.25, 0.3) is 10.9 Å². The Labute approximate surface area is 207 Å². The average molecular weight is 477 g/mol. The number of hydrogen-bond acceptors (Lipinski definition) is 4. The van der Waals surface area contributed by atoms with E-state index in [0.29, 0.717) is 12.1 Å². The topological polar surface area (TPSA) is 94.3 Å². The molecule has 4 unspecified atom stereocenters. The van der Waals surface area contributed by atoms with Crippen LogP contribution < -0.4 is 15.5 Å². The Morgan fingerprint density at radius 3 is 2.50 bits per heavy atom. The van der Waals surface area contributed by atoms with E-state index in [1.165, 1.54) is 4.90 Å². The summed E-state index contributed by atoms with van der Waals surface area (Å²) in [6.45, 7) is 1.94. The number of amides is 3. The summed E-state index contributed by atoms with van der Waals surface area (Å²) in [4.78, 5) is 46.3. The number of H-pyrrole nitrogens is 1. The van der Waals surface area contributed by atoms with Crippen LogP contribution in [0.4, 0.5) is 11.4 Å². The number of anilines is 2. The van der Waals surface area contributed by atoms with Gasteiger partial charge in [-0.2, -0.15) is 0 Å². The molecule has 2 saturated heterocycles. The molecule has 1 aromatic heterocycles. The molecule has 7 heteroatoms. The highest BCUT2D eigenvalue weighted by molar-refractivity contribution is 6.25. The third-order valence-electron chi connectivity index (χ3n) is 8.09. The van der Waals surface area contributed by atoms with Gasteiger partial charge in [-0.05, 0) is 42.7 Å². The Bertz CT molecular complexity index is 1580. The SMILES string of the molecule is Cc1cccc2c1NC(=O)C21NC(Cc2c[nH]c3ccccc23)C2C(=O)N(c3ccccc3)C(=O)C21. The molecule has 4 atom stereocenters. The second-order valence-electron chi connectivity index (χ2n) is 9.92. The van der Waals surface area contributed by atoms with Crippen LogP contribution in [-0.4, -0.2) is 28.7 Å². The fraction of sp³-hybridized carbons (Fsp3) is 0.207. The van der Waals surface area contributed by atoms with Crippen molar-refractivity contribution in [1.29, 1.82) is 0 Å². The van der Waals surface area contributed by atoms with E-state index in [4.69, 9.17) is 0 Å². The third-order valence-corrected chi connectivity index (χ3v) is 8.09. The number of fused-ring (bicyclic) bond motifs is 5. The van der Waals surface area contributed by atoms with E-state index in [1.807, 2.05) is 73.8 Å². The summed E-state index contributed by atoms with van der Waals surface area (Å²) in [6.07, 6.45) is 2.46. The minimum absolute atomic E-state index is 0.265. The zero-order valence-electron chi connectivity index (χ0n) is 19.6. The van der Waals surface area contributed by atoms with Gasteiger partial charge in [-0.15, -0.1) is 0 Å². The number of carbonyl (C=O) groups is 3. The van der Waals surface area contributed by atoms with Gasteiger partial charge in [0.2, 0.25) is 17.7 Å². The summed E-state index contributed by atoms with van der Waals surface area (Å²) in [5, 5.41) is 7.63. The van der Waals surface area contributed by atoms with Crippen molar-refractivity contribution < 1.29 is 14.4 Å². The second-order valence-corrected chi connectivity index (χ2v) is 9.92. The number of para-hydroxylation sites is 3. The van der Waals surface area contributed by atoms with E-state index < -0.39 is 23.4 Å². The number of nitrogens with zero attached hydrogens (tertiary/aromatic N) is 1. The number of aromatic amines is 1. The Morgan fingerprint density at radius 2 is 1.67 bits per heavy atom. The monoisotopic (exact) mass is 476 g/mol. The Kier molecular flexibility index (Phi) is 4.32. The molecule has 3 amide bonds. The highest BCUT2D eigenvalue weighted by atomic mass is 16.2. The van der Waals surface area contributed by atoms with E-state index >= 15 is 0 Å². The minimum Gasteiger partial charge on any atom is -0.361 e. The van der Waals surface area contributed by atoms with E-state index in [0.717, 1.165) is 33.3 Å². The first kappa shape index (κ1) is 21.1. The first-order valence-corrected chi connectivity index (χ1v) is 12.2. The molecular formula is C29H24N4O3. The number of carbonyl (C=O) groups excluding carboxylic acids is 3. The summed E-state index contributed by atoms with van der Waals surface area (Å²) < 4.78 is 0. The Morgan fingerprint density at radius 1 is 0.889 bits per heavy atom. The molecule has 0 aliphatic carbocycles. The van der Waals surface area contributed by atoms with Gasteiger partial charge in [0.1, 0.15) is 5.54 Å². The lowest BCUT2D eigenvalue weighted by molar-refractivity contribution is -0.130. The molecule has 3 aromatic carbocycles. The number of benzene rings is 3. The van der Waals surface area contributed by atoms with Gasteiger partial charge < -0.3 is 10.3 Å². The molecule has 178 valence electrons. The predicted octanol–water partition coefficient (Wildman–Crippen LogP) is 3.64. The molecule has 2 fully saturated rings. The highest BCUT2D eigenvalue weighted by Gasteiger charge is 2.70. The average Bonchev–Trinajstić information content (AvgIpc) is 3.60. The quantitative estimate of drug-likeness (QED) is 0.394. The first-order chi connectivity index (χ1) is 17.5. The van der Waals surface area contributed by atoms with Crippen molar-refractivity contribution in [3.8, 4) is 0 Å². The van der Waals surface area contributed by atoms with Crippen molar-refractivity contribution in [2.45, 2.75) is 24.9 Å². The maximum Gasteiger partial charge on any atom is 0.250 e. The van der Waals surface area contributed by atoms with Gasteiger partial charge >= 0.3 is 0 Å². The molecule has 1 spiro atoms. The first-order valence-electron chi connectivity index (χ1n) is 12.2. The van der Waals surface area contributed by atoms with Gasteiger partial charge in [-0.25, -0.2) is 4.90 Å². The summed E-state index contributed by atoms with van der Waals surface area (Å²) in [7, 11) is 0. The number of aryl methyl sites for hydroxylation is 1. The Hall–Kier alpha value is -4.23. The number of nitrogens with one attached hydrogen (secondary N) is 3. The summed E-state index contributed by atoms with van der Waals surface area (Å²) in [6, 6.07) is 22.3. The molecule has 0 radical (unpaired) electrons. The normalized spacial score (nSPS) is 26.6. The predicted molar refractivity (Wildman–Crippen MR) is 136 cm³/mol. The van der Waals surface area contributed by atoms with Crippen LogP contribution >= 0.6 is 0 Å². The van der Waals surface area contributed by atoms with Crippen molar-refractivity contribution in [1.82, 2.24) is 10.3 Å². The van der Waals surface area contributed by atoms with Gasteiger partial charge in [0.15, 0.2) is 0 Å². The summed E-state index contributed by atoms with van der Waals surface area (Å²) in [5.74, 6) is -2.40. The summed E-state index contributed by atoms with van der Waals surface area (Å²) in [5.41, 5.74) is 3.66. The zero-order valence-corrected chi connectivity index (χ0v) is 19.6. The molecule has 0 bridgehead atoms. The van der Waals surface area contributed by atoms with Crippen molar-refractivity contribution in [2.75, 3.05) is 10.2 Å². The molecule has 7 rings (SSSR count). The van der Waals surface area contributed by atoms with E-state index in [-0.39, 0.29) is 17.7 Å². The van der Waals surface area contributed by atoms with E-state index in [9.17, 15) is 14.4 Å². The fourth-order valence-electron chi connectivity index (χ4n) is 6.52. The molecule has 36 heavy (non-hydrogen) atoms. The number of aromatic nitrogens is 1. The van der Waals surface area contributed by atoms with Crippen LogP contribution in [0.5, 0.6) is 0 Å². The smallest absolute Gasteiger partial charge is 0.250 e. The molecule has 0 saturated carbocycles. The number of rotatable bonds is 3. The van der Waals surface area contributed by atoms with Gasteiger partial charge in [0.25, 0.3) is 0 Å². The minimum atomic E-state index is -1.31. The zero-order chi connectivity index (χ0) is 24.6. The molecule has 7 nitrogen and oxygen atoms in total. The third kappa shape index (κ3) is 2.63. The van der Waals surface area contributed by atoms with E-state index in [2.05, 4.69) is 15.6 Å². The standard InChI is InChI=1S/C29H24N4O3/c1-16-8-7-12-20-25(16)31-28(36)29(20)24-23(26(34)33(27(24)35)18-9-3-2-4-10-18)22(32-29)14-17-15-30-21-13-6-5-11-19(17)21/h2-13,15,22-24,30,32H,14H2,1H3,(H,31,36). The lowest BCUT2D eigenvalue weighted by Crippen LogP contribution is -2.53.